The molecule has 2 rings (SSSR count). The van der Waals surface area contributed by atoms with Crippen LogP contribution < -0.4 is 5.56 Å². The minimum absolute atomic E-state index is 0.315. The summed E-state index contributed by atoms with van der Waals surface area (Å²) in [7, 11) is 0. The number of rotatable bonds is 0. The van der Waals surface area contributed by atoms with Gasteiger partial charge in [0.25, 0.3) is 5.56 Å². The lowest BCUT2D eigenvalue weighted by molar-refractivity contribution is 0.468. The fourth-order valence-electron chi connectivity index (χ4n) is 1.32. The molecule has 0 bridgehead atoms. The molecular formula is C10H5ClN2O2. The number of aromatic hydroxyl groups is 1. The molecule has 1 aromatic heterocycles. The normalized spacial score (nSPS) is 10.1. The monoisotopic (exact) mass is 220 g/mol. The Morgan fingerprint density at radius 1 is 1.40 bits per heavy atom. The maximum atomic E-state index is 11.1. The first-order valence-electron chi connectivity index (χ1n) is 4.07. The van der Waals surface area contributed by atoms with Gasteiger partial charge in [-0.1, -0.05) is 11.6 Å². The van der Waals surface area contributed by atoms with Crippen LogP contribution in [-0.4, -0.2) is 10.1 Å². The molecule has 1 heterocycles. The average molecular weight is 221 g/mol. The molecule has 0 aliphatic heterocycles. The van der Waals surface area contributed by atoms with Crippen molar-refractivity contribution in [3.05, 3.63) is 39.1 Å². The Labute approximate surface area is 89.3 Å². The van der Waals surface area contributed by atoms with Gasteiger partial charge in [0.05, 0.1) is 22.2 Å². The van der Waals surface area contributed by atoms with Crippen LogP contribution in [0, 0.1) is 11.3 Å². The Bertz CT molecular complexity index is 640. The molecule has 2 aromatic rings. The molecule has 1 aromatic carbocycles. The summed E-state index contributed by atoms with van der Waals surface area (Å²) in [6.07, 6.45) is 0. The van der Waals surface area contributed by atoms with Gasteiger partial charge in [0, 0.05) is 5.39 Å². The number of halogens is 1. The zero-order chi connectivity index (χ0) is 11.0. The molecular weight excluding hydrogens is 216 g/mol. The largest absolute Gasteiger partial charge is 0.503 e. The molecule has 0 fully saturated rings. The van der Waals surface area contributed by atoms with Gasteiger partial charge < -0.3 is 10.1 Å². The molecule has 0 aliphatic carbocycles. The van der Waals surface area contributed by atoms with Gasteiger partial charge in [0.15, 0.2) is 5.75 Å². The fourth-order valence-corrected chi connectivity index (χ4v) is 1.60. The Kier molecular flexibility index (Phi) is 2.10. The van der Waals surface area contributed by atoms with Crippen molar-refractivity contribution < 1.29 is 5.11 Å². The molecule has 2 N–H and O–H groups in total. The van der Waals surface area contributed by atoms with Gasteiger partial charge in [-0.3, -0.25) is 4.79 Å². The SMILES string of the molecule is N#Cc1cc(Cl)c2cc(O)c(=O)[nH]c2c1. The smallest absolute Gasteiger partial charge is 0.290 e. The number of hydrogen-bond donors (Lipinski definition) is 2. The van der Waals surface area contributed by atoms with E-state index in [1.165, 1.54) is 18.2 Å². The number of aromatic nitrogens is 1. The lowest BCUT2D eigenvalue weighted by Crippen LogP contribution is -2.04. The van der Waals surface area contributed by atoms with Crippen LogP contribution in [-0.2, 0) is 0 Å². The van der Waals surface area contributed by atoms with E-state index in [1.54, 1.807) is 0 Å². The molecule has 0 saturated carbocycles. The third-order valence-electron chi connectivity index (χ3n) is 2.02. The second-order valence-electron chi connectivity index (χ2n) is 3.01. The maximum absolute atomic E-state index is 11.1. The van der Waals surface area contributed by atoms with Crippen LogP contribution in [0.2, 0.25) is 5.02 Å². The van der Waals surface area contributed by atoms with Gasteiger partial charge >= 0.3 is 0 Å². The van der Waals surface area contributed by atoms with Crippen LogP contribution in [0.1, 0.15) is 5.56 Å². The van der Waals surface area contributed by atoms with Crippen LogP contribution in [0.15, 0.2) is 23.0 Å². The van der Waals surface area contributed by atoms with Crippen LogP contribution in [0.3, 0.4) is 0 Å². The quantitative estimate of drug-likeness (QED) is 0.710. The van der Waals surface area contributed by atoms with Crippen molar-refractivity contribution in [2.45, 2.75) is 0 Å². The van der Waals surface area contributed by atoms with Crippen molar-refractivity contribution in [3.63, 3.8) is 0 Å². The zero-order valence-electron chi connectivity index (χ0n) is 7.41. The highest BCUT2D eigenvalue weighted by Gasteiger charge is 2.06. The van der Waals surface area contributed by atoms with E-state index >= 15 is 0 Å². The second-order valence-corrected chi connectivity index (χ2v) is 3.42. The van der Waals surface area contributed by atoms with Crippen molar-refractivity contribution in [1.82, 2.24) is 4.98 Å². The summed E-state index contributed by atoms with van der Waals surface area (Å²) in [4.78, 5) is 13.5. The highest BCUT2D eigenvalue weighted by molar-refractivity contribution is 6.35. The standard InChI is InChI=1S/C10H5ClN2O2/c11-7-1-5(4-12)2-8-6(7)3-9(14)10(15)13-8/h1-3,14H,(H,13,15). The van der Waals surface area contributed by atoms with Gasteiger partial charge in [0.1, 0.15) is 0 Å². The molecule has 0 amide bonds. The summed E-state index contributed by atoms with van der Waals surface area (Å²) in [5.74, 6) is -0.394. The third kappa shape index (κ3) is 1.53. The van der Waals surface area contributed by atoms with Crippen LogP contribution in [0.4, 0.5) is 0 Å². The van der Waals surface area contributed by atoms with Crippen LogP contribution in [0.25, 0.3) is 10.9 Å². The van der Waals surface area contributed by atoms with E-state index in [0.717, 1.165) is 0 Å². The van der Waals surface area contributed by atoms with E-state index in [-0.39, 0.29) is 0 Å². The Morgan fingerprint density at radius 2 is 2.13 bits per heavy atom. The highest BCUT2D eigenvalue weighted by Crippen LogP contribution is 2.24. The predicted octanol–water partition coefficient (Wildman–Crippen LogP) is 1.76. The molecule has 0 unspecified atom stereocenters. The first-order valence-corrected chi connectivity index (χ1v) is 4.45. The van der Waals surface area contributed by atoms with Gasteiger partial charge in [-0.05, 0) is 18.2 Å². The van der Waals surface area contributed by atoms with E-state index in [9.17, 15) is 9.90 Å². The van der Waals surface area contributed by atoms with Crippen LogP contribution >= 0.6 is 11.6 Å². The Balaban J connectivity index is 2.94. The number of nitrogens with zero attached hydrogens (tertiary/aromatic N) is 1. The summed E-state index contributed by atoms with van der Waals surface area (Å²) in [5, 5.41) is 18.7. The van der Waals surface area contributed by atoms with Gasteiger partial charge in [-0.15, -0.1) is 0 Å². The summed E-state index contributed by atoms with van der Waals surface area (Å²) in [5.41, 5.74) is 0.185. The fraction of sp³-hybridized carbons (Fsp3) is 0. The van der Waals surface area contributed by atoms with E-state index in [4.69, 9.17) is 16.9 Å². The molecule has 0 aliphatic rings. The van der Waals surface area contributed by atoms with Crippen molar-refractivity contribution in [1.29, 1.82) is 5.26 Å². The maximum Gasteiger partial charge on any atom is 0.290 e. The number of fused-ring (bicyclic) bond motifs is 1. The summed E-state index contributed by atoms with van der Waals surface area (Å²) in [6.45, 7) is 0. The van der Waals surface area contributed by atoms with E-state index in [0.29, 0.717) is 21.5 Å². The van der Waals surface area contributed by atoms with E-state index < -0.39 is 11.3 Å². The van der Waals surface area contributed by atoms with Crippen molar-refractivity contribution in [2.24, 2.45) is 0 Å². The summed E-state index contributed by atoms with van der Waals surface area (Å²) < 4.78 is 0. The molecule has 5 heteroatoms. The summed E-state index contributed by atoms with van der Waals surface area (Å²) in [6, 6.07) is 6.18. The molecule has 74 valence electrons. The second kappa shape index (κ2) is 3.30. The van der Waals surface area contributed by atoms with Gasteiger partial charge in [-0.25, -0.2) is 0 Å². The Hall–Kier alpha value is -1.99. The molecule has 0 radical (unpaired) electrons. The van der Waals surface area contributed by atoms with Crippen molar-refractivity contribution in [3.8, 4) is 11.8 Å². The number of pyridine rings is 1. The lowest BCUT2D eigenvalue weighted by atomic mass is 10.1. The number of aromatic amines is 1. The van der Waals surface area contributed by atoms with Crippen LogP contribution in [0.5, 0.6) is 5.75 Å². The van der Waals surface area contributed by atoms with Gasteiger partial charge in [0.2, 0.25) is 0 Å². The first-order chi connectivity index (χ1) is 7.11. The topological polar surface area (TPSA) is 76.9 Å². The van der Waals surface area contributed by atoms with Crippen molar-refractivity contribution in [2.75, 3.05) is 0 Å². The molecule has 0 saturated heterocycles. The third-order valence-corrected chi connectivity index (χ3v) is 2.33. The molecule has 4 nitrogen and oxygen atoms in total. The van der Waals surface area contributed by atoms with Crippen molar-refractivity contribution >= 4 is 22.5 Å². The summed E-state index contributed by atoms with van der Waals surface area (Å²) >= 11 is 5.88. The minimum atomic E-state index is -0.603. The van der Waals surface area contributed by atoms with E-state index in [2.05, 4.69) is 4.98 Å². The minimum Gasteiger partial charge on any atom is -0.503 e. The Morgan fingerprint density at radius 3 is 2.80 bits per heavy atom. The lowest BCUT2D eigenvalue weighted by Gasteiger charge is -2.01. The molecule has 15 heavy (non-hydrogen) atoms. The number of nitrogens with one attached hydrogen (secondary N) is 1. The zero-order valence-corrected chi connectivity index (χ0v) is 8.17. The number of H-pyrrole nitrogens is 1. The molecule has 0 spiro atoms. The predicted molar refractivity (Wildman–Crippen MR) is 56.0 cm³/mol. The number of nitriles is 1. The highest BCUT2D eigenvalue weighted by atomic mass is 35.5. The number of benzene rings is 1. The van der Waals surface area contributed by atoms with Gasteiger partial charge in [-0.2, -0.15) is 5.26 Å². The number of hydrogen-bond acceptors (Lipinski definition) is 3. The molecule has 0 atom stereocenters. The van der Waals surface area contributed by atoms with E-state index in [1.807, 2.05) is 6.07 Å². The average Bonchev–Trinajstić information content (AvgIpc) is 2.21. The first kappa shape index (κ1) is 9.56.